The fraction of sp³-hybridized carbons (Fsp3) is 0.273. The first kappa shape index (κ1) is 19.5. The predicted molar refractivity (Wildman–Crippen MR) is 110 cm³/mol. The highest BCUT2D eigenvalue weighted by Crippen LogP contribution is 2.37. The van der Waals surface area contributed by atoms with Crippen LogP contribution in [0.2, 0.25) is 0 Å². The minimum absolute atomic E-state index is 0.0302. The first-order valence-corrected chi connectivity index (χ1v) is 9.05. The van der Waals surface area contributed by atoms with E-state index in [1.165, 1.54) is 13.2 Å². The van der Waals surface area contributed by atoms with E-state index < -0.39 is 0 Å². The maximum absolute atomic E-state index is 12.6. The number of hydrogen-bond acceptors (Lipinski definition) is 5. The van der Waals surface area contributed by atoms with Crippen LogP contribution in [0.4, 0.5) is 5.69 Å². The highest BCUT2D eigenvalue weighted by Gasteiger charge is 2.30. The number of phenols is 2. The summed E-state index contributed by atoms with van der Waals surface area (Å²) in [6.45, 7) is 7.67. The Balaban J connectivity index is 2.13. The summed E-state index contributed by atoms with van der Waals surface area (Å²) in [6.07, 6.45) is 1.71. The average Bonchev–Trinajstić information content (AvgIpc) is 2.90. The molecule has 1 aliphatic rings. The number of anilines is 1. The number of aryl methyl sites for hydroxylation is 1. The Morgan fingerprint density at radius 2 is 1.82 bits per heavy atom. The number of aromatic hydroxyl groups is 2. The smallest absolute Gasteiger partial charge is 0.295 e. The third-order valence-corrected chi connectivity index (χ3v) is 4.76. The molecule has 28 heavy (non-hydrogen) atoms. The van der Waals surface area contributed by atoms with Gasteiger partial charge in [-0.2, -0.15) is 4.99 Å². The first-order chi connectivity index (χ1) is 13.2. The van der Waals surface area contributed by atoms with E-state index in [0.717, 1.165) is 16.8 Å². The Hall–Kier alpha value is -3.28. The lowest BCUT2D eigenvalue weighted by atomic mass is 9.98. The summed E-state index contributed by atoms with van der Waals surface area (Å²) in [5.74, 6) is 0.942. The number of benzene rings is 2. The van der Waals surface area contributed by atoms with E-state index in [0.29, 0.717) is 22.8 Å². The molecule has 1 amide bonds. The monoisotopic (exact) mass is 380 g/mol. The number of carbonyl (C=O) groups is 1. The van der Waals surface area contributed by atoms with Crippen LogP contribution in [0.3, 0.4) is 0 Å². The Morgan fingerprint density at radius 3 is 2.46 bits per heavy atom. The second-order valence-electron chi connectivity index (χ2n) is 7.11. The molecule has 0 fully saturated rings. The predicted octanol–water partition coefficient (Wildman–Crippen LogP) is 4.34. The molecule has 146 valence electrons. The number of amides is 1. The highest BCUT2D eigenvalue weighted by atomic mass is 16.5. The zero-order valence-electron chi connectivity index (χ0n) is 16.6. The van der Waals surface area contributed by atoms with E-state index in [4.69, 9.17) is 4.74 Å². The zero-order valence-corrected chi connectivity index (χ0v) is 16.6. The van der Waals surface area contributed by atoms with Crippen molar-refractivity contribution >= 4 is 23.5 Å². The molecule has 3 rings (SSSR count). The quantitative estimate of drug-likeness (QED) is 0.771. The molecule has 0 unspecified atom stereocenters. The molecule has 0 radical (unpaired) electrons. The van der Waals surface area contributed by atoms with Crippen molar-refractivity contribution in [1.29, 1.82) is 0 Å². The van der Waals surface area contributed by atoms with Crippen LogP contribution in [-0.2, 0) is 4.79 Å². The lowest BCUT2D eigenvalue weighted by Gasteiger charge is -2.24. The van der Waals surface area contributed by atoms with E-state index in [9.17, 15) is 15.0 Å². The van der Waals surface area contributed by atoms with Gasteiger partial charge in [0, 0.05) is 0 Å². The second kappa shape index (κ2) is 7.38. The van der Waals surface area contributed by atoms with Crippen molar-refractivity contribution in [3.8, 4) is 17.2 Å². The molecular weight excluding hydrogens is 356 g/mol. The Kier molecular flexibility index (Phi) is 5.14. The molecule has 0 saturated heterocycles. The molecule has 0 saturated carbocycles. The molecule has 2 aromatic rings. The Morgan fingerprint density at radius 1 is 1.11 bits per heavy atom. The molecular formula is C22H24N2O4. The summed E-state index contributed by atoms with van der Waals surface area (Å²) in [5, 5.41) is 20.1. The van der Waals surface area contributed by atoms with Crippen molar-refractivity contribution in [2.45, 2.75) is 33.6 Å². The minimum Gasteiger partial charge on any atom is -0.508 e. The number of aliphatic imine (C=N–C) groups is 1. The van der Waals surface area contributed by atoms with Crippen molar-refractivity contribution in [1.82, 2.24) is 0 Å². The van der Waals surface area contributed by atoms with E-state index in [2.05, 4.69) is 4.99 Å². The number of nitrogens with zero attached hydrogens (tertiary/aromatic N) is 2. The van der Waals surface area contributed by atoms with Gasteiger partial charge in [-0.3, -0.25) is 9.69 Å². The maximum Gasteiger partial charge on any atom is 0.295 e. The summed E-state index contributed by atoms with van der Waals surface area (Å²) < 4.78 is 5.15. The molecule has 0 bridgehead atoms. The number of carbonyl (C=O) groups excluding carboxylic acids is 1. The van der Waals surface area contributed by atoms with Crippen LogP contribution in [0.5, 0.6) is 17.2 Å². The number of hydrogen-bond donors (Lipinski definition) is 2. The molecule has 0 aliphatic carbocycles. The van der Waals surface area contributed by atoms with Gasteiger partial charge in [0.15, 0.2) is 11.5 Å². The van der Waals surface area contributed by atoms with Crippen LogP contribution in [-0.4, -0.2) is 29.1 Å². The van der Waals surface area contributed by atoms with Crippen molar-refractivity contribution in [2.24, 2.45) is 4.99 Å². The van der Waals surface area contributed by atoms with Gasteiger partial charge in [0.05, 0.1) is 12.8 Å². The number of rotatable bonds is 4. The van der Waals surface area contributed by atoms with Crippen molar-refractivity contribution < 1.29 is 19.7 Å². The number of amidine groups is 1. The fourth-order valence-electron chi connectivity index (χ4n) is 3.30. The molecule has 6 heteroatoms. The summed E-state index contributed by atoms with van der Waals surface area (Å²) in [5.41, 5.74) is 3.53. The molecule has 1 heterocycles. The van der Waals surface area contributed by atoms with E-state index >= 15 is 0 Å². The van der Waals surface area contributed by atoms with Gasteiger partial charge in [-0.1, -0.05) is 19.9 Å². The second-order valence-corrected chi connectivity index (χ2v) is 7.11. The normalized spacial score (nSPS) is 15.5. The standard InChI is InChI=1S/C22H24N2O4/c1-12(2)16-11-17(13(3)8-20(16)26)24-14(4)23-22(27)18(24)9-15-6-7-19(25)21(10-15)28-5/h6-12,25-26H,1-5H3/b18-9-. The number of phenolic OH excluding ortho intramolecular Hbond substituents is 2. The molecule has 0 aromatic heterocycles. The topological polar surface area (TPSA) is 82.4 Å². The third kappa shape index (κ3) is 3.45. The number of ether oxygens (including phenoxy) is 1. The lowest BCUT2D eigenvalue weighted by Crippen LogP contribution is -2.25. The van der Waals surface area contributed by atoms with Gasteiger partial charge in [0.25, 0.3) is 5.91 Å². The van der Waals surface area contributed by atoms with Gasteiger partial charge < -0.3 is 14.9 Å². The third-order valence-electron chi connectivity index (χ3n) is 4.76. The van der Waals surface area contributed by atoms with Crippen LogP contribution in [0.15, 0.2) is 41.0 Å². The molecule has 2 aromatic carbocycles. The van der Waals surface area contributed by atoms with E-state index in [1.807, 2.05) is 26.8 Å². The van der Waals surface area contributed by atoms with Gasteiger partial charge in [0.2, 0.25) is 0 Å². The molecule has 0 spiro atoms. The van der Waals surface area contributed by atoms with Crippen LogP contribution >= 0.6 is 0 Å². The highest BCUT2D eigenvalue weighted by molar-refractivity contribution is 6.22. The van der Waals surface area contributed by atoms with E-state index in [1.54, 1.807) is 36.1 Å². The van der Waals surface area contributed by atoms with Gasteiger partial charge >= 0.3 is 0 Å². The lowest BCUT2D eigenvalue weighted by molar-refractivity contribution is -0.113. The minimum atomic E-state index is -0.344. The van der Waals surface area contributed by atoms with Gasteiger partial charge in [0.1, 0.15) is 17.3 Å². The van der Waals surface area contributed by atoms with Gasteiger partial charge in [-0.25, -0.2) is 0 Å². The van der Waals surface area contributed by atoms with Crippen LogP contribution in [0.1, 0.15) is 43.4 Å². The van der Waals surface area contributed by atoms with Crippen molar-refractivity contribution in [3.63, 3.8) is 0 Å². The summed E-state index contributed by atoms with van der Waals surface area (Å²) in [7, 11) is 1.47. The SMILES string of the molecule is COc1cc(/C=C2/C(=O)N=C(C)N2c2cc(C(C)C)c(O)cc2C)ccc1O. The summed E-state index contributed by atoms with van der Waals surface area (Å²) >= 11 is 0. The first-order valence-electron chi connectivity index (χ1n) is 9.05. The molecule has 0 atom stereocenters. The Labute approximate surface area is 164 Å². The average molecular weight is 380 g/mol. The van der Waals surface area contributed by atoms with Crippen molar-refractivity contribution in [2.75, 3.05) is 12.0 Å². The molecule has 6 nitrogen and oxygen atoms in total. The fourth-order valence-corrected chi connectivity index (χ4v) is 3.30. The Bertz CT molecular complexity index is 1010. The molecule has 2 N–H and O–H groups in total. The molecule has 1 aliphatic heterocycles. The van der Waals surface area contributed by atoms with Gasteiger partial charge in [-0.05, 0) is 66.8 Å². The van der Waals surface area contributed by atoms with Crippen LogP contribution < -0.4 is 9.64 Å². The van der Waals surface area contributed by atoms with Gasteiger partial charge in [-0.15, -0.1) is 0 Å². The summed E-state index contributed by atoms with van der Waals surface area (Å²) in [4.78, 5) is 18.5. The zero-order chi connectivity index (χ0) is 20.6. The van der Waals surface area contributed by atoms with E-state index in [-0.39, 0.29) is 23.3 Å². The maximum atomic E-state index is 12.6. The largest absolute Gasteiger partial charge is 0.508 e. The number of methoxy groups -OCH3 is 1. The van der Waals surface area contributed by atoms with Crippen molar-refractivity contribution in [3.05, 3.63) is 52.7 Å². The van der Waals surface area contributed by atoms with Crippen LogP contribution in [0, 0.1) is 6.92 Å². The summed E-state index contributed by atoms with van der Waals surface area (Å²) in [6, 6.07) is 8.49. The van der Waals surface area contributed by atoms with Crippen LogP contribution in [0.25, 0.3) is 6.08 Å².